The molecule has 4 nitrogen and oxygen atoms in total. The predicted octanol–water partition coefficient (Wildman–Crippen LogP) is 3.67. The molecule has 0 aliphatic heterocycles. The molecular formula is C13H12BrClN4S. The molecule has 0 aromatic carbocycles. The Bertz CT molecular complexity index is 711. The summed E-state index contributed by atoms with van der Waals surface area (Å²) in [6.45, 7) is 0.824. The Morgan fingerprint density at radius 3 is 2.95 bits per heavy atom. The van der Waals surface area contributed by atoms with Gasteiger partial charge < -0.3 is 4.57 Å². The quantitative estimate of drug-likeness (QED) is 0.643. The van der Waals surface area contributed by atoms with Crippen molar-refractivity contribution in [1.82, 2.24) is 19.5 Å². The van der Waals surface area contributed by atoms with Crippen LogP contribution in [0.5, 0.6) is 0 Å². The van der Waals surface area contributed by atoms with Crippen LogP contribution in [0.4, 0.5) is 0 Å². The van der Waals surface area contributed by atoms with Crippen LogP contribution in [-0.2, 0) is 19.4 Å². The van der Waals surface area contributed by atoms with Crippen molar-refractivity contribution in [2.45, 2.75) is 19.4 Å². The number of fused-ring (bicyclic) bond motifs is 1. The number of hydrogen-bond donors (Lipinski definition) is 0. The molecule has 0 spiro atoms. The number of imidazole rings is 1. The molecule has 0 atom stereocenters. The zero-order valence-electron chi connectivity index (χ0n) is 10.6. The average Bonchev–Trinajstić information content (AvgIpc) is 3.04. The zero-order chi connectivity index (χ0) is 13.9. The van der Waals surface area contributed by atoms with Gasteiger partial charge in [-0.25, -0.2) is 15.0 Å². The first kappa shape index (κ1) is 14.0. The normalized spacial score (nSPS) is 11.3. The topological polar surface area (TPSA) is 43.6 Å². The summed E-state index contributed by atoms with van der Waals surface area (Å²) < 4.78 is 3.08. The fraction of sp³-hybridized carbons (Fsp3) is 0.308. The van der Waals surface area contributed by atoms with E-state index in [-0.39, 0.29) is 0 Å². The number of pyridine rings is 1. The lowest BCUT2D eigenvalue weighted by atomic mass is 10.4. The van der Waals surface area contributed by atoms with Gasteiger partial charge in [-0.1, -0.05) is 0 Å². The van der Waals surface area contributed by atoms with Gasteiger partial charge in [0.25, 0.3) is 0 Å². The molecule has 3 aromatic heterocycles. The lowest BCUT2D eigenvalue weighted by Crippen LogP contribution is -2.07. The van der Waals surface area contributed by atoms with Crippen LogP contribution in [0.1, 0.15) is 10.8 Å². The van der Waals surface area contributed by atoms with Crippen molar-refractivity contribution in [2.75, 3.05) is 5.88 Å². The minimum absolute atomic E-state index is 0.557. The largest absolute Gasteiger partial charge is 0.312 e. The second kappa shape index (κ2) is 6.20. The molecule has 0 N–H and O–H groups in total. The minimum Gasteiger partial charge on any atom is -0.312 e. The molecule has 7 heteroatoms. The van der Waals surface area contributed by atoms with Crippen molar-refractivity contribution < 1.29 is 0 Å². The molecule has 0 saturated heterocycles. The summed E-state index contributed by atoms with van der Waals surface area (Å²) in [5, 5.41) is 3.12. The van der Waals surface area contributed by atoms with Gasteiger partial charge in [0.15, 0.2) is 5.65 Å². The molecule has 0 radical (unpaired) electrons. The van der Waals surface area contributed by atoms with E-state index in [4.69, 9.17) is 11.6 Å². The van der Waals surface area contributed by atoms with Gasteiger partial charge in [-0.3, -0.25) is 0 Å². The van der Waals surface area contributed by atoms with Gasteiger partial charge in [-0.15, -0.1) is 22.9 Å². The number of rotatable bonds is 5. The Morgan fingerprint density at radius 2 is 2.20 bits per heavy atom. The summed E-state index contributed by atoms with van der Waals surface area (Å²) in [5.41, 5.74) is 1.81. The monoisotopic (exact) mass is 370 g/mol. The molecule has 104 valence electrons. The van der Waals surface area contributed by atoms with E-state index in [0.29, 0.717) is 5.88 Å². The first-order chi connectivity index (χ1) is 9.78. The average molecular weight is 372 g/mol. The molecule has 3 aromatic rings. The van der Waals surface area contributed by atoms with Crippen LogP contribution in [0.3, 0.4) is 0 Å². The zero-order valence-corrected chi connectivity index (χ0v) is 13.7. The van der Waals surface area contributed by atoms with Gasteiger partial charge in [0, 0.05) is 47.5 Å². The maximum atomic E-state index is 5.87. The van der Waals surface area contributed by atoms with Crippen molar-refractivity contribution in [3.63, 3.8) is 0 Å². The van der Waals surface area contributed by atoms with Gasteiger partial charge in [-0.05, 0) is 22.0 Å². The van der Waals surface area contributed by atoms with Crippen molar-refractivity contribution in [2.24, 2.45) is 0 Å². The Balaban J connectivity index is 1.95. The molecule has 3 rings (SSSR count). The SMILES string of the molecule is ClCCc1nc2cc(Br)cnc2n1CCc1nccs1. The molecule has 0 fully saturated rings. The first-order valence-electron chi connectivity index (χ1n) is 6.23. The summed E-state index contributed by atoms with van der Waals surface area (Å²) in [6.07, 6.45) is 5.26. The van der Waals surface area contributed by atoms with Crippen molar-refractivity contribution in [3.8, 4) is 0 Å². The first-order valence-corrected chi connectivity index (χ1v) is 8.43. The summed E-state index contributed by atoms with van der Waals surface area (Å²) >= 11 is 11.0. The van der Waals surface area contributed by atoms with Crippen molar-refractivity contribution in [1.29, 1.82) is 0 Å². The lowest BCUT2D eigenvalue weighted by Gasteiger charge is -2.06. The third-order valence-corrected chi connectivity index (χ3v) is 4.44. The second-order valence-corrected chi connectivity index (χ2v) is 6.56. The number of nitrogens with zero attached hydrogens (tertiary/aromatic N) is 4. The van der Waals surface area contributed by atoms with Crippen LogP contribution in [-0.4, -0.2) is 25.4 Å². The number of halogens is 2. The van der Waals surface area contributed by atoms with Crippen LogP contribution in [0.15, 0.2) is 28.3 Å². The van der Waals surface area contributed by atoms with E-state index in [1.165, 1.54) is 0 Å². The standard InChI is InChI=1S/C13H12BrClN4S/c14-9-7-10-13(17-8-9)19(11(18-10)1-3-15)5-2-12-16-4-6-20-12/h4,6-8H,1-3,5H2. The molecule has 0 bridgehead atoms. The molecule has 0 saturated carbocycles. The highest BCUT2D eigenvalue weighted by atomic mass is 79.9. The van der Waals surface area contributed by atoms with Gasteiger partial charge in [0.05, 0.1) is 5.01 Å². The summed E-state index contributed by atoms with van der Waals surface area (Å²) in [5.74, 6) is 1.54. The van der Waals surface area contributed by atoms with E-state index in [0.717, 1.165) is 45.9 Å². The molecular weight excluding hydrogens is 360 g/mol. The third kappa shape index (κ3) is 2.87. The highest BCUT2D eigenvalue weighted by Gasteiger charge is 2.12. The number of hydrogen-bond acceptors (Lipinski definition) is 4. The van der Waals surface area contributed by atoms with Gasteiger partial charge >= 0.3 is 0 Å². The Labute approximate surface area is 134 Å². The van der Waals surface area contributed by atoms with Crippen LogP contribution < -0.4 is 0 Å². The second-order valence-electron chi connectivity index (χ2n) is 4.29. The summed E-state index contributed by atoms with van der Waals surface area (Å²) in [4.78, 5) is 13.4. The van der Waals surface area contributed by atoms with E-state index < -0.39 is 0 Å². The number of aryl methyl sites for hydroxylation is 3. The number of thiazole rings is 1. The van der Waals surface area contributed by atoms with E-state index in [1.54, 1.807) is 17.5 Å². The maximum Gasteiger partial charge on any atom is 0.160 e. The Morgan fingerprint density at radius 1 is 1.30 bits per heavy atom. The highest BCUT2D eigenvalue weighted by molar-refractivity contribution is 9.10. The van der Waals surface area contributed by atoms with E-state index in [2.05, 4.69) is 35.4 Å². The molecule has 0 unspecified atom stereocenters. The molecule has 20 heavy (non-hydrogen) atoms. The summed E-state index contributed by atoms with van der Waals surface area (Å²) in [6, 6.07) is 1.99. The minimum atomic E-state index is 0.557. The Kier molecular flexibility index (Phi) is 4.33. The van der Waals surface area contributed by atoms with Crippen LogP contribution in [0.2, 0.25) is 0 Å². The molecule has 0 aliphatic rings. The van der Waals surface area contributed by atoms with Crippen LogP contribution in [0, 0.1) is 0 Å². The molecule has 0 aliphatic carbocycles. The van der Waals surface area contributed by atoms with Crippen molar-refractivity contribution in [3.05, 3.63) is 39.1 Å². The van der Waals surface area contributed by atoms with Gasteiger partial charge in [0.2, 0.25) is 0 Å². The molecule has 0 amide bonds. The third-order valence-electron chi connectivity index (χ3n) is 2.98. The van der Waals surface area contributed by atoms with E-state index >= 15 is 0 Å². The summed E-state index contributed by atoms with van der Waals surface area (Å²) in [7, 11) is 0. The highest BCUT2D eigenvalue weighted by Crippen LogP contribution is 2.20. The van der Waals surface area contributed by atoms with Crippen LogP contribution in [0.25, 0.3) is 11.2 Å². The maximum absolute atomic E-state index is 5.87. The van der Waals surface area contributed by atoms with Crippen molar-refractivity contribution >= 4 is 50.0 Å². The molecule has 3 heterocycles. The smallest absolute Gasteiger partial charge is 0.160 e. The predicted molar refractivity (Wildman–Crippen MR) is 85.5 cm³/mol. The fourth-order valence-electron chi connectivity index (χ4n) is 2.13. The van der Waals surface area contributed by atoms with Crippen LogP contribution >= 0.6 is 38.9 Å². The van der Waals surface area contributed by atoms with E-state index in [1.807, 2.05) is 17.6 Å². The fourth-order valence-corrected chi connectivity index (χ4v) is 3.23. The Hall–Kier alpha value is -0.980. The van der Waals surface area contributed by atoms with Gasteiger partial charge in [-0.2, -0.15) is 0 Å². The van der Waals surface area contributed by atoms with E-state index in [9.17, 15) is 0 Å². The number of alkyl halides is 1. The van der Waals surface area contributed by atoms with Gasteiger partial charge in [0.1, 0.15) is 11.3 Å². The lowest BCUT2D eigenvalue weighted by molar-refractivity contribution is 0.667. The number of aromatic nitrogens is 4.